The molecule has 0 unspecified atom stereocenters. The molecular weight excluding hydrogens is 206 g/mol. The van der Waals surface area contributed by atoms with E-state index < -0.39 is 12.0 Å². The van der Waals surface area contributed by atoms with E-state index in [0.29, 0.717) is 0 Å². The summed E-state index contributed by atoms with van der Waals surface area (Å²) >= 11 is 1.19. The first-order chi connectivity index (χ1) is 6.43. The van der Waals surface area contributed by atoms with Gasteiger partial charge in [-0.1, -0.05) is 0 Å². The number of hydrogen-bond donors (Lipinski definition) is 2. The molecule has 0 bridgehead atoms. The third-order valence-electron chi connectivity index (χ3n) is 1.27. The molecule has 2 N–H and O–H groups in total. The highest BCUT2D eigenvalue weighted by Gasteiger charge is 2.17. The summed E-state index contributed by atoms with van der Waals surface area (Å²) in [6.07, 6.45) is 0. The zero-order valence-corrected chi connectivity index (χ0v) is 8.89. The summed E-state index contributed by atoms with van der Waals surface area (Å²) in [6, 6.07) is -0.920. The summed E-state index contributed by atoms with van der Waals surface area (Å²) < 4.78 is 0. The zero-order chi connectivity index (χ0) is 11.1. The molecule has 0 rings (SSSR count). The molecule has 0 aromatic heterocycles. The molecule has 6 heteroatoms. The number of carboxylic acid groups (broad SMARTS) is 1. The number of thioether (sulfide) groups is 1. The van der Waals surface area contributed by atoms with Crippen LogP contribution in [-0.2, 0) is 14.4 Å². The smallest absolute Gasteiger partial charge is 0.327 e. The van der Waals surface area contributed by atoms with Crippen molar-refractivity contribution in [3.63, 3.8) is 0 Å². The maximum absolute atomic E-state index is 10.6. The lowest BCUT2D eigenvalue weighted by atomic mass is 10.3. The van der Waals surface area contributed by atoms with Crippen LogP contribution >= 0.6 is 11.8 Å². The molecule has 0 heterocycles. The van der Waals surface area contributed by atoms with E-state index in [1.807, 2.05) is 0 Å². The predicted octanol–water partition coefficient (Wildman–Crippen LogP) is -0.102. The Morgan fingerprint density at radius 1 is 1.36 bits per heavy atom. The van der Waals surface area contributed by atoms with Crippen LogP contribution in [0.15, 0.2) is 0 Å². The SMILES string of the molecule is CC(=O)CSC[C@H](NC(C)=O)C(=O)O. The van der Waals surface area contributed by atoms with Crippen molar-refractivity contribution in [2.75, 3.05) is 11.5 Å². The quantitative estimate of drug-likeness (QED) is 0.651. The van der Waals surface area contributed by atoms with Crippen LogP contribution in [0.1, 0.15) is 13.8 Å². The van der Waals surface area contributed by atoms with Crippen LogP contribution in [0.3, 0.4) is 0 Å². The molecule has 0 fully saturated rings. The molecule has 14 heavy (non-hydrogen) atoms. The van der Waals surface area contributed by atoms with Gasteiger partial charge in [-0.3, -0.25) is 9.59 Å². The lowest BCUT2D eigenvalue weighted by Crippen LogP contribution is -2.41. The minimum Gasteiger partial charge on any atom is -0.480 e. The Hall–Kier alpha value is -1.04. The van der Waals surface area contributed by atoms with Crippen LogP contribution in [-0.4, -0.2) is 40.3 Å². The molecule has 0 aromatic carbocycles. The number of carbonyl (C=O) groups is 3. The van der Waals surface area contributed by atoms with E-state index in [0.717, 1.165) is 0 Å². The molecule has 1 amide bonds. The largest absolute Gasteiger partial charge is 0.480 e. The normalized spacial score (nSPS) is 11.9. The van der Waals surface area contributed by atoms with Crippen LogP contribution in [0.25, 0.3) is 0 Å². The van der Waals surface area contributed by atoms with Crippen molar-refractivity contribution in [2.45, 2.75) is 19.9 Å². The lowest BCUT2D eigenvalue weighted by Gasteiger charge is -2.11. The summed E-state index contributed by atoms with van der Waals surface area (Å²) in [5, 5.41) is 11.0. The van der Waals surface area contributed by atoms with Gasteiger partial charge < -0.3 is 10.4 Å². The van der Waals surface area contributed by atoms with Gasteiger partial charge in [0.25, 0.3) is 0 Å². The maximum atomic E-state index is 10.6. The van der Waals surface area contributed by atoms with Crippen LogP contribution in [0.4, 0.5) is 0 Å². The van der Waals surface area contributed by atoms with E-state index in [1.54, 1.807) is 0 Å². The first-order valence-corrected chi connectivity index (χ1v) is 5.16. The molecule has 1 atom stereocenters. The van der Waals surface area contributed by atoms with Gasteiger partial charge in [-0.05, 0) is 6.92 Å². The van der Waals surface area contributed by atoms with Gasteiger partial charge in [-0.25, -0.2) is 4.79 Å². The molecule has 0 saturated heterocycles. The van der Waals surface area contributed by atoms with Crippen molar-refractivity contribution in [1.29, 1.82) is 0 Å². The number of aliphatic carboxylic acids is 1. The Balaban J connectivity index is 3.91. The highest BCUT2D eigenvalue weighted by atomic mass is 32.2. The molecule has 0 aliphatic carbocycles. The summed E-state index contributed by atoms with van der Waals surface area (Å²) in [5.74, 6) is -1.02. The fourth-order valence-electron chi connectivity index (χ4n) is 0.741. The number of ketones is 1. The average Bonchev–Trinajstić information content (AvgIpc) is 2.00. The Labute approximate surface area is 86.2 Å². The molecular formula is C8H13NO4S. The van der Waals surface area contributed by atoms with Gasteiger partial charge in [0.15, 0.2) is 0 Å². The number of rotatable bonds is 6. The van der Waals surface area contributed by atoms with Crippen molar-refractivity contribution in [3.8, 4) is 0 Å². The van der Waals surface area contributed by atoms with Gasteiger partial charge in [-0.15, -0.1) is 0 Å². The molecule has 0 spiro atoms. The van der Waals surface area contributed by atoms with E-state index >= 15 is 0 Å². The van der Waals surface area contributed by atoms with Gasteiger partial charge in [0.1, 0.15) is 11.8 Å². The maximum Gasteiger partial charge on any atom is 0.327 e. The van der Waals surface area contributed by atoms with Gasteiger partial charge in [0.05, 0.1) is 5.75 Å². The zero-order valence-electron chi connectivity index (χ0n) is 8.07. The van der Waals surface area contributed by atoms with Crippen LogP contribution in [0, 0.1) is 0 Å². The number of nitrogens with one attached hydrogen (secondary N) is 1. The van der Waals surface area contributed by atoms with Crippen molar-refractivity contribution < 1.29 is 19.5 Å². The monoisotopic (exact) mass is 219 g/mol. The summed E-state index contributed by atoms with van der Waals surface area (Å²) in [6.45, 7) is 2.69. The van der Waals surface area contributed by atoms with E-state index in [9.17, 15) is 14.4 Å². The molecule has 80 valence electrons. The lowest BCUT2D eigenvalue weighted by molar-refractivity contribution is -0.140. The van der Waals surface area contributed by atoms with E-state index in [1.165, 1.54) is 25.6 Å². The second-order valence-electron chi connectivity index (χ2n) is 2.81. The van der Waals surface area contributed by atoms with Crippen LogP contribution < -0.4 is 5.32 Å². The number of hydrogen-bond acceptors (Lipinski definition) is 4. The molecule has 0 aliphatic rings. The Morgan fingerprint density at radius 2 is 1.93 bits per heavy atom. The number of carbonyl (C=O) groups excluding carboxylic acids is 2. The van der Waals surface area contributed by atoms with E-state index in [-0.39, 0.29) is 23.2 Å². The summed E-state index contributed by atoms with van der Waals surface area (Å²) in [4.78, 5) is 31.8. The minimum absolute atomic E-state index is 0.0121. The number of Topliss-reactive ketones (excluding diaryl/α,β-unsaturated/α-hetero) is 1. The van der Waals surface area contributed by atoms with Gasteiger partial charge >= 0.3 is 5.97 Å². The standard InChI is InChI=1S/C8H13NO4S/c1-5(10)3-14-4-7(8(12)13)9-6(2)11/h7H,3-4H2,1-2H3,(H,9,11)(H,12,13)/t7-/m0/s1. The van der Waals surface area contributed by atoms with Gasteiger partial charge in [0.2, 0.25) is 5.91 Å². The van der Waals surface area contributed by atoms with Crippen molar-refractivity contribution >= 4 is 29.4 Å². The fraction of sp³-hybridized carbons (Fsp3) is 0.625. The first-order valence-electron chi connectivity index (χ1n) is 4.00. The van der Waals surface area contributed by atoms with E-state index in [2.05, 4.69) is 5.32 Å². The average molecular weight is 219 g/mol. The van der Waals surface area contributed by atoms with Gasteiger partial charge in [-0.2, -0.15) is 11.8 Å². The van der Waals surface area contributed by atoms with Gasteiger partial charge in [0, 0.05) is 12.7 Å². The fourth-order valence-corrected chi connectivity index (χ4v) is 1.61. The number of carboxylic acids is 1. The number of amides is 1. The second-order valence-corrected chi connectivity index (χ2v) is 3.84. The third-order valence-corrected chi connectivity index (χ3v) is 2.45. The summed E-state index contributed by atoms with van der Waals surface area (Å²) in [5.41, 5.74) is 0. The van der Waals surface area contributed by atoms with Crippen molar-refractivity contribution in [3.05, 3.63) is 0 Å². The van der Waals surface area contributed by atoms with Crippen LogP contribution in [0.5, 0.6) is 0 Å². The van der Waals surface area contributed by atoms with Crippen LogP contribution in [0.2, 0.25) is 0 Å². The van der Waals surface area contributed by atoms with Crippen molar-refractivity contribution in [1.82, 2.24) is 5.32 Å². The molecule has 0 radical (unpaired) electrons. The Morgan fingerprint density at radius 3 is 2.29 bits per heavy atom. The highest BCUT2D eigenvalue weighted by Crippen LogP contribution is 2.03. The molecule has 0 saturated carbocycles. The minimum atomic E-state index is -1.09. The summed E-state index contributed by atoms with van der Waals surface area (Å²) in [7, 11) is 0. The molecule has 0 aromatic rings. The second kappa shape index (κ2) is 6.42. The molecule has 5 nitrogen and oxygen atoms in total. The topological polar surface area (TPSA) is 83.5 Å². The third kappa shape index (κ3) is 6.47. The first kappa shape index (κ1) is 13.0. The van der Waals surface area contributed by atoms with Crippen molar-refractivity contribution in [2.24, 2.45) is 0 Å². The molecule has 0 aliphatic heterocycles. The Bertz CT molecular complexity index is 241. The van der Waals surface area contributed by atoms with E-state index in [4.69, 9.17) is 5.11 Å². The Kier molecular flexibility index (Phi) is 5.94. The highest BCUT2D eigenvalue weighted by molar-refractivity contribution is 8.00. The predicted molar refractivity (Wildman–Crippen MR) is 53.2 cm³/mol.